The van der Waals surface area contributed by atoms with Crippen molar-refractivity contribution in [2.75, 3.05) is 26.2 Å². The number of likely N-dealkylation sites (tertiary alicyclic amines) is 2. The third-order valence-corrected chi connectivity index (χ3v) is 4.68. The van der Waals surface area contributed by atoms with Gasteiger partial charge in [-0.15, -0.1) is 0 Å². The van der Waals surface area contributed by atoms with Gasteiger partial charge in [0.1, 0.15) is 12.2 Å². The highest BCUT2D eigenvalue weighted by molar-refractivity contribution is 14.1. The molecule has 8 nitrogen and oxygen atoms in total. The summed E-state index contributed by atoms with van der Waals surface area (Å²) < 4.78 is 10.9. The van der Waals surface area contributed by atoms with Crippen LogP contribution in [0, 0.1) is 0 Å². The Morgan fingerprint density at radius 2 is 1.55 bits per heavy atom. The van der Waals surface area contributed by atoms with Crippen LogP contribution in [-0.4, -0.2) is 79.8 Å². The summed E-state index contributed by atoms with van der Waals surface area (Å²) in [6.45, 7) is 1.68. The SMILES string of the molecule is CC(=O)N1C[C@@H]2O[C@@]3(O)CN(C(=O)I)C[C@@H]3O[C@@]2(O)C1. The largest absolute Gasteiger partial charge is 0.362 e. The summed E-state index contributed by atoms with van der Waals surface area (Å²) in [4.78, 5) is 25.6. The van der Waals surface area contributed by atoms with Gasteiger partial charge in [-0.3, -0.25) is 9.59 Å². The maximum atomic E-state index is 11.4. The van der Waals surface area contributed by atoms with E-state index in [-0.39, 0.29) is 36.0 Å². The van der Waals surface area contributed by atoms with Crippen LogP contribution in [0.4, 0.5) is 4.79 Å². The Morgan fingerprint density at radius 3 is 2.00 bits per heavy atom. The number of hydrogen-bond donors (Lipinski definition) is 2. The maximum absolute atomic E-state index is 11.4. The Morgan fingerprint density at radius 1 is 1.10 bits per heavy atom. The average molecular weight is 398 g/mol. The van der Waals surface area contributed by atoms with E-state index in [1.54, 1.807) is 22.6 Å². The molecule has 3 fully saturated rings. The predicted molar refractivity (Wildman–Crippen MR) is 72.9 cm³/mol. The van der Waals surface area contributed by atoms with Crippen molar-refractivity contribution >= 4 is 32.4 Å². The van der Waals surface area contributed by atoms with Crippen LogP contribution >= 0.6 is 22.6 Å². The Labute approximate surface area is 128 Å². The molecule has 3 aliphatic heterocycles. The minimum absolute atomic E-state index is 0.00222. The molecule has 0 spiro atoms. The van der Waals surface area contributed by atoms with Gasteiger partial charge in [0.15, 0.2) is 0 Å². The van der Waals surface area contributed by atoms with E-state index in [1.165, 1.54) is 16.7 Å². The molecule has 0 bridgehead atoms. The molecule has 3 saturated heterocycles. The lowest BCUT2D eigenvalue weighted by molar-refractivity contribution is -0.396. The van der Waals surface area contributed by atoms with Crippen LogP contribution in [-0.2, 0) is 14.3 Å². The van der Waals surface area contributed by atoms with Crippen molar-refractivity contribution in [1.82, 2.24) is 9.80 Å². The topological polar surface area (TPSA) is 99.5 Å². The number of nitrogens with zero attached hydrogens (tertiary/aromatic N) is 2. The van der Waals surface area contributed by atoms with E-state index in [1.807, 2.05) is 0 Å². The van der Waals surface area contributed by atoms with Crippen LogP contribution in [0.3, 0.4) is 0 Å². The van der Waals surface area contributed by atoms with Crippen LogP contribution in [0.5, 0.6) is 0 Å². The third kappa shape index (κ3) is 2.11. The van der Waals surface area contributed by atoms with Crippen molar-refractivity contribution in [1.29, 1.82) is 0 Å². The van der Waals surface area contributed by atoms with E-state index in [9.17, 15) is 19.8 Å². The summed E-state index contributed by atoms with van der Waals surface area (Å²) in [7, 11) is 0. The van der Waals surface area contributed by atoms with Crippen LogP contribution in [0.2, 0.25) is 0 Å². The van der Waals surface area contributed by atoms with Crippen molar-refractivity contribution in [2.45, 2.75) is 30.7 Å². The van der Waals surface area contributed by atoms with Gasteiger partial charge in [0.25, 0.3) is 3.91 Å². The van der Waals surface area contributed by atoms with Crippen LogP contribution in [0.25, 0.3) is 0 Å². The summed E-state index contributed by atoms with van der Waals surface area (Å²) in [5.41, 5.74) is 0. The van der Waals surface area contributed by atoms with Gasteiger partial charge in [0.05, 0.1) is 26.2 Å². The quantitative estimate of drug-likeness (QED) is 0.305. The molecule has 9 heteroatoms. The highest BCUT2D eigenvalue weighted by Gasteiger charge is 2.63. The van der Waals surface area contributed by atoms with Crippen LogP contribution in [0.15, 0.2) is 0 Å². The van der Waals surface area contributed by atoms with Crippen LogP contribution in [0.1, 0.15) is 6.92 Å². The number of amides is 2. The zero-order valence-electron chi connectivity index (χ0n) is 10.8. The molecule has 3 aliphatic rings. The van der Waals surface area contributed by atoms with E-state index in [2.05, 4.69) is 0 Å². The first kappa shape index (κ1) is 14.4. The maximum Gasteiger partial charge on any atom is 0.283 e. The normalized spacial score (nSPS) is 43.4. The number of fused-ring (bicyclic) bond motifs is 2. The van der Waals surface area contributed by atoms with Crippen molar-refractivity contribution in [2.24, 2.45) is 0 Å². The average Bonchev–Trinajstić information content (AvgIpc) is 2.81. The van der Waals surface area contributed by atoms with Gasteiger partial charge in [-0.05, 0) is 0 Å². The summed E-state index contributed by atoms with van der Waals surface area (Å²) in [6.07, 6.45) is -1.65. The Bertz CT molecular complexity index is 434. The molecule has 0 radical (unpaired) electrons. The fraction of sp³-hybridized carbons (Fsp3) is 0.818. The molecule has 2 N–H and O–H groups in total. The first-order valence-corrected chi connectivity index (χ1v) is 7.32. The molecule has 3 heterocycles. The Balaban J connectivity index is 1.81. The molecule has 112 valence electrons. The summed E-state index contributed by atoms with van der Waals surface area (Å²) in [5.74, 6) is -3.46. The zero-order valence-corrected chi connectivity index (χ0v) is 12.9. The highest BCUT2D eigenvalue weighted by Crippen LogP contribution is 2.41. The second-order valence-electron chi connectivity index (χ2n) is 5.44. The highest BCUT2D eigenvalue weighted by atomic mass is 127. The molecule has 20 heavy (non-hydrogen) atoms. The van der Waals surface area contributed by atoms with Crippen molar-refractivity contribution in [3.05, 3.63) is 0 Å². The lowest BCUT2D eigenvalue weighted by Crippen LogP contribution is -2.63. The van der Waals surface area contributed by atoms with Gasteiger partial charge < -0.3 is 29.5 Å². The number of aliphatic hydroxyl groups is 2. The minimum atomic E-state index is -1.63. The van der Waals surface area contributed by atoms with Gasteiger partial charge in [0, 0.05) is 29.5 Å². The zero-order chi connectivity index (χ0) is 14.7. The number of β-amino-alcohol motifs (C(OH)–C–C–N with tert-alkyl or cyclic N) is 2. The fourth-order valence-corrected chi connectivity index (χ4v) is 3.28. The number of ether oxygens (including phenoxy) is 2. The van der Waals surface area contributed by atoms with Crippen LogP contribution < -0.4 is 0 Å². The predicted octanol–water partition coefficient (Wildman–Crippen LogP) is -1.12. The molecular weight excluding hydrogens is 383 g/mol. The lowest BCUT2D eigenvalue weighted by Gasteiger charge is -2.43. The lowest BCUT2D eigenvalue weighted by atomic mass is 10.1. The van der Waals surface area contributed by atoms with E-state index < -0.39 is 23.8 Å². The smallest absolute Gasteiger partial charge is 0.283 e. The monoisotopic (exact) mass is 398 g/mol. The molecule has 0 aromatic rings. The Hall–Kier alpha value is -0.490. The summed E-state index contributed by atoms with van der Waals surface area (Å²) in [6, 6.07) is 0. The second-order valence-corrected chi connectivity index (χ2v) is 6.36. The fourth-order valence-electron chi connectivity index (χ4n) is 2.92. The van der Waals surface area contributed by atoms with Gasteiger partial charge in [0.2, 0.25) is 17.5 Å². The molecule has 0 aromatic heterocycles. The molecule has 0 aromatic carbocycles. The van der Waals surface area contributed by atoms with E-state index in [0.717, 1.165) is 0 Å². The molecule has 0 saturated carbocycles. The molecule has 3 rings (SSSR count). The first-order chi connectivity index (χ1) is 9.23. The number of rotatable bonds is 0. The van der Waals surface area contributed by atoms with Crippen molar-refractivity contribution < 1.29 is 29.3 Å². The number of carbonyl (C=O) groups excluding carboxylic acids is 2. The van der Waals surface area contributed by atoms with Gasteiger partial charge in [-0.2, -0.15) is 0 Å². The van der Waals surface area contributed by atoms with E-state index in [4.69, 9.17) is 9.47 Å². The van der Waals surface area contributed by atoms with Gasteiger partial charge in [-0.1, -0.05) is 0 Å². The molecule has 2 amide bonds. The van der Waals surface area contributed by atoms with Crippen molar-refractivity contribution in [3.63, 3.8) is 0 Å². The van der Waals surface area contributed by atoms with E-state index in [0.29, 0.717) is 0 Å². The molecule has 4 atom stereocenters. The molecular formula is C11H15IN2O6. The summed E-state index contributed by atoms with van der Waals surface area (Å²) in [5, 5.41) is 20.9. The van der Waals surface area contributed by atoms with Crippen molar-refractivity contribution in [3.8, 4) is 0 Å². The summed E-state index contributed by atoms with van der Waals surface area (Å²) >= 11 is 1.62. The first-order valence-electron chi connectivity index (χ1n) is 6.24. The second kappa shape index (κ2) is 4.50. The van der Waals surface area contributed by atoms with Gasteiger partial charge in [-0.25, -0.2) is 0 Å². The molecule has 0 unspecified atom stereocenters. The Kier molecular flexibility index (Phi) is 3.25. The number of halogens is 1. The molecule has 0 aliphatic carbocycles. The minimum Gasteiger partial charge on any atom is -0.362 e. The van der Waals surface area contributed by atoms with E-state index >= 15 is 0 Å². The third-order valence-electron chi connectivity index (χ3n) is 4.00. The number of carbonyl (C=O) groups is 2. The number of hydrogen-bond acceptors (Lipinski definition) is 6. The van der Waals surface area contributed by atoms with Gasteiger partial charge >= 0.3 is 0 Å². The standard InChI is InChI=1S/C11H15IN2O6/c1-6(15)13-2-7-10(17,4-13)20-8-3-14(9(12)16)5-11(8,18)19-7/h7-8,17-18H,2-5H2,1H3/t7-,8-,10-,11-/m0/s1.